The van der Waals surface area contributed by atoms with Crippen LogP contribution in [0.25, 0.3) is 0 Å². The monoisotopic (exact) mass is 452 g/mol. The first-order chi connectivity index (χ1) is 16.0. The maximum atomic E-state index is 12.1. The molecule has 3 N–H and O–H groups in total. The fourth-order valence-electron chi connectivity index (χ4n) is 3.86. The number of carbonyl (C=O) groups is 2. The van der Waals surface area contributed by atoms with Crippen molar-refractivity contribution in [3.8, 4) is 5.75 Å². The summed E-state index contributed by atoms with van der Waals surface area (Å²) in [6, 6.07) is 15.5. The summed E-state index contributed by atoms with van der Waals surface area (Å²) in [5, 5.41) is 15.3. The first-order valence-corrected chi connectivity index (χ1v) is 11.3. The van der Waals surface area contributed by atoms with E-state index < -0.39 is 18.1 Å². The predicted octanol–water partition coefficient (Wildman–Crippen LogP) is 3.93. The van der Waals surface area contributed by atoms with Gasteiger partial charge < -0.3 is 25.2 Å². The van der Waals surface area contributed by atoms with E-state index in [4.69, 9.17) is 9.47 Å². The van der Waals surface area contributed by atoms with Gasteiger partial charge in [0.05, 0.1) is 0 Å². The van der Waals surface area contributed by atoms with Gasteiger partial charge >= 0.3 is 12.1 Å². The van der Waals surface area contributed by atoms with Crippen molar-refractivity contribution in [2.45, 2.75) is 44.9 Å². The number of amides is 1. The summed E-state index contributed by atoms with van der Waals surface area (Å²) in [5.41, 5.74) is 1.61. The van der Waals surface area contributed by atoms with E-state index in [0.717, 1.165) is 42.8 Å². The maximum absolute atomic E-state index is 12.1. The molecule has 1 aliphatic rings. The molecule has 7 heteroatoms. The number of piperidine rings is 1. The molecule has 0 aromatic heterocycles. The molecule has 7 nitrogen and oxygen atoms in total. The van der Waals surface area contributed by atoms with Crippen molar-refractivity contribution >= 4 is 12.1 Å². The van der Waals surface area contributed by atoms with Crippen molar-refractivity contribution in [1.29, 1.82) is 0 Å². The Morgan fingerprint density at radius 2 is 1.79 bits per heavy atom. The summed E-state index contributed by atoms with van der Waals surface area (Å²) < 4.78 is 11.4. The first-order valence-electron chi connectivity index (χ1n) is 11.3. The minimum absolute atomic E-state index is 0.00997. The third kappa shape index (κ3) is 7.95. The fourth-order valence-corrected chi connectivity index (χ4v) is 3.86. The topological polar surface area (TPSA) is 96.9 Å². The molecular formula is C26H32N2O5. The lowest BCUT2D eigenvalue weighted by molar-refractivity contribution is -0.139. The standard InChI is InChI=1S/C26H32N2O5/c1-2-6-24(21-13-15-27-16-14-21)33-22-11-9-19(10-12-22)17-23(25(29)30)28-26(31)32-18-20-7-4-3-5-8-20/h2-12,21,23-24,27H,13-18H2,1H3,(H,28,31)(H,29,30)/b6-2+. The van der Waals surface area contributed by atoms with Crippen LogP contribution in [0.1, 0.15) is 30.9 Å². The number of alkyl carbamates (subject to hydrolysis) is 1. The van der Waals surface area contributed by atoms with E-state index >= 15 is 0 Å². The van der Waals surface area contributed by atoms with Gasteiger partial charge in [-0.25, -0.2) is 9.59 Å². The number of aliphatic carboxylic acids is 1. The average Bonchev–Trinajstić information content (AvgIpc) is 2.84. The second kappa shape index (κ2) is 12.6. The average molecular weight is 453 g/mol. The van der Waals surface area contributed by atoms with Crippen molar-refractivity contribution in [3.05, 3.63) is 77.9 Å². The molecule has 1 aliphatic heterocycles. The number of nitrogens with one attached hydrogen (secondary N) is 2. The van der Waals surface area contributed by atoms with E-state index in [2.05, 4.69) is 16.7 Å². The summed E-state index contributed by atoms with van der Waals surface area (Å²) in [5.74, 6) is 0.0816. The SMILES string of the molecule is C/C=C/C(Oc1ccc(CC(NC(=O)OCc2ccccc2)C(=O)O)cc1)C1CCNCC1. The Bertz CT molecular complexity index is 908. The molecule has 1 saturated heterocycles. The first kappa shape index (κ1) is 24.3. The smallest absolute Gasteiger partial charge is 0.408 e. The maximum Gasteiger partial charge on any atom is 0.408 e. The Morgan fingerprint density at radius 1 is 1.09 bits per heavy atom. The predicted molar refractivity (Wildman–Crippen MR) is 126 cm³/mol. The Kier molecular flexibility index (Phi) is 9.32. The molecule has 2 atom stereocenters. The van der Waals surface area contributed by atoms with Crippen LogP contribution in [-0.4, -0.2) is 42.4 Å². The molecule has 0 spiro atoms. The van der Waals surface area contributed by atoms with Gasteiger partial charge in [0, 0.05) is 12.3 Å². The molecule has 176 valence electrons. The highest BCUT2D eigenvalue weighted by Gasteiger charge is 2.24. The third-order valence-electron chi connectivity index (χ3n) is 5.67. The molecule has 1 amide bonds. The molecular weight excluding hydrogens is 420 g/mol. The van der Waals surface area contributed by atoms with Gasteiger partial charge in [0.1, 0.15) is 24.5 Å². The summed E-state index contributed by atoms with van der Waals surface area (Å²) in [7, 11) is 0. The van der Waals surface area contributed by atoms with Gasteiger partial charge in [-0.05, 0) is 62.2 Å². The molecule has 2 unspecified atom stereocenters. The molecule has 2 aromatic rings. The summed E-state index contributed by atoms with van der Waals surface area (Å²) in [4.78, 5) is 23.7. The van der Waals surface area contributed by atoms with E-state index in [1.54, 1.807) is 0 Å². The number of carboxylic acids is 1. The zero-order chi connectivity index (χ0) is 23.5. The van der Waals surface area contributed by atoms with Gasteiger partial charge in [0.15, 0.2) is 0 Å². The number of rotatable bonds is 10. The highest BCUT2D eigenvalue weighted by atomic mass is 16.5. The Morgan fingerprint density at radius 3 is 2.42 bits per heavy atom. The molecule has 0 radical (unpaired) electrons. The highest BCUT2D eigenvalue weighted by molar-refractivity contribution is 5.80. The quantitative estimate of drug-likeness (QED) is 0.473. The fraction of sp³-hybridized carbons (Fsp3) is 0.385. The lowest BCUT2D eigenvalue weighted by Gasteiger charge is -2.29. The van der Waals surface area contributed by atoms with Crippen molar-refractivity contribution in [3.63, 3.8) is 0 Å². The molecule has 0 saturated carbocycles. The van der Waals surface area contributed by atoms with Gasteiger partial charge in [-0.2, -0.15) is 0 Å². The Labute approximate surface area is 194 Å². The second-order valence-corrected chi connectivity index (χ2v) is 8.14. The summed E-state index contributed by atoms with van der Waals surface area (Å²) in [6.45, 7) is 4.07. The van der Waals surface area contributed by atoms with E-state index in [-0.39, 0.29) is 19.1 Å². The number of benzene rings is 2. The van der Waals surface area contributed by atoms with E-state index in [1.165, 1.54) is 0 Å². The molecule has 1 heterocycles. The summed E-state index contributed by atoms with van der Waals surface area (Å²) in [6.07, 6.45) is 5.64. The summed E-state index contributed by atoms with van der Waals surface area (Å²) >= 11 is 0. The van der Waals surface area contributed by atoms with Crippen LogP contribution < -0.4 is 15.4 Å². The number of carbonyl (C=O) groups excluding carboxylic acids is 1. The molecule has 1 fully saturated rings. The largest absolute Gasteiger partial charge is 0.486 e. The molecule has 0 aliphatic carbocycles. The normalized spacial score (nSPS) is 16.2. The van der Waals surface area contributed by atoms with Crippen LogP contribution in [0.15, 0.2) is 66.7 Å². The minimum atomic E-state index is -1.12. The number of hydrogen-bond donors (Lipinski definition) is 3. The second-order valence-electron chi connectivity index (χ2n) is 8.14. The van der Waals surface area contributed by atoms with Crippen molar-refractivity contribution in [1.82, 2.24) is 10.6 Å². The lowest BCUT2D eigenvalue weighted by atomic mass is 9.91. The molecule has 3 rings (SSSR count). The van der Waals surface area contributed by atoms with Crippen LogP contribution in [0, 0.1) is 5.92 Å². The number of carboxylic acid groups (broad SMARTS) is 1. The highest BCUT2D eigenvalue weighted by Crippen LogP contribution is 2.24. The number of hydrogen-bond acceptors (Lipinski definition) is 5. The van der Waals surface area contributed by atoms with Gasteiger partial charge in [-0.15, -0.1) is 0 Å². The van der Waals surface area contributed by atoms with Crippen molar-refractivity contribution in [2.75, 3.05) is 13.1 Å². The third-order valence-corrected chi connectivity index (χ3v) is 5.67. The van der Waals surface area contributed by atoms with E-state index in [1.807, 2.05) is 67.6 Å². The van der Waals surface area contributed by atoms with Crippen LogP contribution in [0.3, 0.4) is 0 Å². The van der Waals surface area contributed by atoms with Crippen molar-refractivity contribution in [2.24, 2.45) is 5.92 Å². The van der Waals surface area contributed by atoms with Crippen LogP contribution in [0.5, 0.6) is 5.75 Å². The van der Waals surface area contributed by atoms with Crippen LogP contribution in [0.4, 0.5) is 4.79 Å². The van der Waals surface area contributed by atoms with E-state index in [0.29, 0.717) is 5.92 Å². The van der Waals surface area contributed by atoms with Gasteiger partial charge in [0.25, 0.3) is 0 Å². The van der Waals surface area contributed by atoms with Gasteiger partial charge in [0.2, 0.25) is 0 Å². The molecule has 33 heavy (non-hydrogen) atoms. The Balaban J connectivity index is 1.54. The van der Waals surface area contributed by atoms with Crippen LogP contribution in [-0.2, 0) is 22.6 Å². The molecule has 0 bridgehead atoms. The lowest BCUT2D eigenvalue weighted by Crippen LogP contribution is -2.42. The minimum Gasteiger partial charge on any atom is -0.486 e. The number of allylic oxidation sites excluding steroid dienone is 1. The van der Waals surface area contributed by atoms with Crippen LogP contribution in [0.2, 0.25) is 0 Å². The van der Waals surface area contributed by atoms with E-state index in [9.17, 15) is 14.7 Å². The van der Waals surface area contributed by atoms with Gasteiger partial charge in [-0.1, -0.05) is 48.5 Å². The zero-order valence-electron chi connectivity index (χ0n) is 18.9. The molecule has 2 aromatic carbocycles. The van der Waals surface area contributed by atoms with Crippen molar-refractivity contribution < 1.29 is 24.2 Å². The van der Waals surface area contributed by atoms with Crippen LogP contribution >= 0.6 is 0 Å². The number of ether oxygens (including phenoxy) is 2. The zero-order valence-corrected chi connectivity index (χ0v) is 18.9. The van der Waals surface area contributed by atoms with Gasteiger partial charge in [-0.3, -0.25) is 0 Å². The Hall–Kier alpha value is -3.32.